The van der Waals surface area contributed by atoms with E-state index < -0.39 is 11.2 Å². The first-order valence-electron chi connectivity index (χ1n) is 4.98. The van der Waals surface area contributed by atoms with Crippen molar-refractivity contribution in [3.05, 3.63) is 33.1 Å². The number of nitrogens with zero attached hydrogens (tertiary/aromatic N) is 1. The van der Waals surface area contributed by atoms with Crippen LogP contribution < -0.4 is 11.2 Å². The van der Waals surface area contributed by atoms with Gasteiger partial charge in [0.25, 0.3) is 5.56 Å². The standard InChI is InChI=1S/C9H12N2O4.H2OS/c12-5-6-1-2-8(15-6)11-4-3-7(13)10-9(11)14;1-2/h3-4,6,8,12H,1-2,5H2,(H,10,13,14);1-2H/t6-,8?;/m0./s1. The third-order valence-electron chi connectivity index (χ3n) is 2.45. The summed E-state index contributed by atoms with van der Waals surface area (Å²) in [6.45, 7) is -0.0470. The quantitative estimate of drug-likeness (QED) is 0.428. The number of hydrogen-bond donors (Lipinski definition) is 4. The van der Waals surface area contributed by atoms with Crippen molar-refractivity contribution in [3.8, 4) is 0 Å². The zero-order valence-corrected chi connectivity index (χ0v) is 9.84. The van der Waals surface area contributed by atoms with E-state index in [1.165, 1.54) is 16.8 Å². The summed E-state index contributed by atoms with van der Waals surface area (Å²) in [7, 11) is 0. The summed E-state index contributed by atoms with van der Waals surface area (Å²) < 4.78 is 13.4. The number of ether oxygens (including phenoxy) is 1. The van der Waals surface area contributed by atoms with Gasteiger partial charge in [0.2, 0.25) is 0 Å². The number of aromatic nitrogens is 2. The largest absolute Gasteiger partial charge is 0.394 e. The van der Waals surface area contributed by atoms with E-state index >= 15 is 0 Å². The number of aromatic amines is 1. The van der Waals surface area contributed by atoms with Crippen LogP contribution in [0.1, 0.15) is 19.1 Å². The van der Waals surface area contributed by atoms with Crippen LogP contribution in [0.25, 0.3) is 0 Å². The van der Waals surface area contributed by atoms with E-state index in [4.69, 9.17) is 14.4 Å². The monoisotopic (exact) mass is 262 g/mol. The molecule has 17 heavy (non-hydrogen) atoms. The van der Waals surface area contributed by atoms with E-state index in [0.717, 1.165) is 0 Å². The molecule has 1 aromatic rings. The molecule has 0 bridgehead atoms. The van der Waals surface area contributed by atoms with Gasteiger partial charge in [-0.3, -0.25) is 14.3 Å². The Labute approximate surface area is 102 Å². The summed E-state index contributed by atoms with van der Waals surface area (Å²) in [5.41, 5.74) is -0.904. The fourth-order valence-corrected chi connectivity index (χ4v) is 1.68. The molecule has 96 valence electrons. The van der Waals surface area contributed by atoms with Gasteiger partial charge < -0.3 is 14.4 Å². The molecule has 8 heteroatoms. The Morgan fingerprint density at radius 3 is 2.71 bits per heavy atom. The lowest BCUT2D eigenvalue weighted by Crippen LogP contribution is -2.31. The minimum Gasteiger partial charge on any atom is -0.394 e. The normalized spacial score (nSPS) is 23.0. The van der Waals surface area contributed by atoms with Gasteiger partial charge in [-0.1, -0.05) is 0 Å². The molecule has 1 aromatic heterocycles. The number of H-pyrrole nitrogens is 1. The number of hydrogen-bond acceptors (Lipinski definition) is 6. The molecule has 0 aromatic carbocycles. The second-order valence-electron chi connectivity index (χ2n) is 3.49. The molecule has 1 aliphatic rings. The molecule has 2 rings (SSSR count). The molecule has 1 fully saturated rings. The van der Waals surface area contributed by atoms with Crippen LogP contribution in [0.3, 0.4) is 0 Å². The molecule has 2 atom stereocenters. The Bertz CT molecular complexity index is 457. The maximum absolute atomic E-state index is 11.4. The highest BCUT2D eigenvalue weighted by molar-refractivity contribution is 7.74. The average Bonchev–Trinajstić information content (AvgIpc) is 2.80. The predicted molar refractivity (Wildman–Crippen MR) is 63.2 cm³/mol. The fraction of sp³-hybridized carbons (Fsp3) is 0.556. The first-order valence-corrected chi connectivity index (χ1v) is 5.38. The summed E-state index contributed by atoms with van der Waals surface area (Å²) in [6.07, 6.45) is 2.19. The number of rotatable bonds is 2. The van der Waals surface area contributed by atoms with Crippen molar-refractivity contribution >= 4 is 12.9 Å². The molecule has 0 saturated carbocycles. The van der Waals surface area contributed by atoms with Crippen LogP contribution >= 0.6 is 12.9 Å². The Hall–Kier alpha value is -1.09. The number of aliphatic hydroxyl groups excluding tert-OH is 1. The average molecular weight is 262 g/mol. The number of aliphatic hydroxyl groups is 1. The third-order valence-corrected chi connectivity index (χ3v) is 2.45. The van der Waals surface area contributed by atoms with Crippen molar-refractivity contribution in [3.63, 3.8) is 0 Å². The molecule has 2 heterocycles. The van der Waals surface area contributed by atoms with Crippen LogP contribution in [-0.4, -0.2) is 31.9 Å². The van der Waals surface area contributed by atoms with E-state index in [2.05, 4.69) is 17.9 Å². The van der Waals surface area contributed by atoms with Crippen LogP contribution in [0.15, 0.2) is 21.9 Å². The molecule has 1 aliphatic heterocycles. The molecular weight excluding hydrogens is 248 g/mol. The van der Waals surface area contributed by atoms with Crippen molar-refractivity contribution < 1.29 is 14.4 Å². The lowest BCUT2D eigenvalue weighted by Gasteiger charge is -2.13. The molecular formula is C9H14N2O5S. The maximum Gasteiger partial charge on any atom is 0.330 e. The molecule has 7 nitrogen and oxygen atoms in total. The van der Waals surface area contributed by atoms with E-state index in [9.17, 15) is 9.59 Å². The van der Waals surface area contributed by atoms with Gasteiger partial charge in [0, 0.05) is 12.3 Å². The van der Waals surface area contributed by atoms with Crippen LogP contribution in [0.2, 0.25) is 0 Å². The lowest BCUT2D eigenvalue weighted by molar-refractivity contribution is -0.0246. The summed E-state index contributed by atoms with van der Waals surface area (Å²) in [4.78, 5) is 24.4. The second-order valence-corrected chi connectivity index (χ2v) is 3.49. The third kappa shape index (κ3) is 3.43. The van der Waals surface area contributed by atoms with Crippen molar-refractivity contribution in [2.24, 2.45) is 0 Å². The Morgan fingerprint density at radius 2 is 2.18 bits per heavy atom. The van der Waals surface area contributed by atoms with Crippen molar-refractivity contribution in [2.75, 3.05) is 6.61 Å². The zero-order valence-electron chi connectivity index (χ0n) is 8.94. The molecule has 0 aliphatic carbocycles. The van der Waals surface area contributed by atoms with Gasteiger partial charge in [0.1, 0.15) is 6.23 Å². The Morgan fingerprint density at radius 1 is 1.47 bits per heavy atom. The van der Waals surface area contributed by atoms with Crippen LogP contribution in [0, 0.1) is 0 Å². The fourth-order valence-electron chi connectivity index (χ4n) is 1.68. The molecule has 1 saturated heterocycles. The summed E-state index contributed by atoms with van der Waals surface area (Å²) in [5, 5.41) is 8.87. The van der Waals surface area contributed by atoms with Gasteiger partial charge in [0.05, 0.1) is 12.7 Å². The van der Waals surface area contributed by atoms with Crippen LogP contribution in [0.4, 0.5) is 0 Å². The highest BCUT2D eigenvalue weighted by Gasteiger charge is 2.26. The van der Waals surface area contributed by atoms with Gasteiger partial charge >= 0.3 is 5.69 Å². The predicted octanol–water partition coefficient (Wildman–Crippen LogP) is -0.404. The van der Waals surface area contributed by atoms with Crippen molar-refractivity contribution in [1.82, 2.24) is 9.55 Å². The SMILES string of the molecule is O=c1ccn(C2CC[C@@H](CO)O2)c(=O)[nH]1.OS. The first kappa shape index (κ1) is 14.0. The molecule has 3 N–H and O–H groups in total. The highest BCUT2D eigenvalue weighted by atomic mass is 32.1. The second kappa shape index (κ2) is 6.60. The maximum atomic E-state index is 11.4. The van der Waals surface area contributed by atoms with Gasteiger partial charge in [-0.2, -0.15) is 0 Å². The van der Waals surface area contributed by atoms with E-state index in [1.807, 2.05) is 0 Å². The van der Waals surface area contributed by atoms with E-state index in [1.54, 1.807) is 0 Å². The van der Waals surface area contributed by atoms with Crippen molar-refractivity contribution in [2.45, 2.75) is 25.2 Å². The topological polar surface area (TPSA) is 105 Å². The smallest absolute Gasteiger partial charge is 0.330 e. The number of thiol groups is 1. The Kier molecular flexibility index (Phi) is 5.42. The van der Waals surface area contributed by atoms with Crippen LogP contribution in [0.5, 0.6) is 0 Å². The molecule has 0 amide bonds. The summed E-state index contributed by atoms with van der Waals surface area (Å²) in [6, 6.07) is 1.27. The zero-order chi connectivity index (χ0) is 12.8. The van der Waals surface area contributed by atoms with Crippen molar-refractivity contribution in [1.29, 1.82) is 0 Å². The van der Waals surface area contributed by atoms with E-state index in [0.29, 0.717) is 12.8 Å². The van der Waals surface area contributed by atoms with Gasteiger partial charge in [-0.15, -0.1) is 0 Å². The van der Waals surface area contributed by atoms with Gasteiger partial charge in [-0.25, -0.2) is 4.79 Å². The summed E-state index contributed by atoms with van der Waals surface area (Å²) >= 11 is 2.53. The lowest BCUT2D eigenvalue weighted by atomic mass is 10.2. The first-order chi connectivity index (χ1) is 8.20. The molecule has 0 spiro atoms. The van der Waals surface area contributed by atoms with E-state index in [-0.39, 0.29) is 18.9 Å². The molecule has 1 unspecified atom stereocenters. The van der Waals surface area contributed by atoms with Crippen LogP contribution in [-0.2, 0) is 4.74 Å². The van der Waals surface area contributed by atoms with Gasteiger partial charge in [0.15, 0.2) is 0 Å². The highest BCUT2D eigenvalue weighted by Crippen LogP contribution is 2.26. The minimum atomic E-state index is -0.480. The Balaban J connectivity index is 0.000000686. The van der Waals surface area contributed by atoms with Gasteiger partial charge in [-0.05, 0) is 25.8 Å². The molecule has 0 radical (unpaired) electrons. The summed E-state index contributed by atoms with van der Waals surface area (Å²) in [5.74, 6) is 0. The minimum absolute atomic E-state index is 0.0470. The number of nitrogens with one attached hydrogen (secondary N) is 1.